The number of hydrogen-bond donors (Lipinski definition) is 1. The highest BCUT2D eigenvalue weighted by Crippen LogP contribution is 2.20. The Labute approximate surface area is 69.4 Å². The van der Waals surface area contributed by atoms with Crippen LogP contribution in [0.5, 0.6) is 0 Å². The number of aliphatic hydroxyl groups is 1. The number of aldehydes is 1. The highest BCUT2D eigenvalue weighted by molar-refractivity contribution is 6.31. The molecule has 0 aliphatic heterocycles. The van der Waals surface area contributed by atoms with Crippen LogP contribution in [0, 0.1) is 0 Å². The first-order valence-corrected chi connectivity index (χ1v) is 3.51. The molecule has 0 aliphatic rings. The SMILES string of the molecule is O=C[C@H](O)c1ccccc1Cl. The van der Waals surface area contributed by atoms with Crippen molar-refractivity contribution in [3.8, 4) is 0 Å². The van der Waals surface area contributed by atoms with Crippen LogP contribution in [0.25, 0.3) is 0 Å². The average molecular weight is 171 g/mol. The van der Waals surface area contributed by atoms with Gasteiger partial charge in [0.25, 0.3) is 0 Å². The summed E-state index contributed by atoms with van der Waals surface area (Å²) in [5.74, 6) is 0. The van der Waals surface area contributed by atoms with E-state index in [0.29, 0.717) is 16.9 Å². The zero-order valence-electron chi connectivity index (χ0n) is 5.70. The van der Waals surface area contributed by atoms with Crippen LogP contribution < -0.4 is 0 Å². The number of hydrogen-bond acceptors (Lipinski definition) is 2. The van der Waals surface area contributed by atoms with Crippen LogP contribution in [0.3, 0.4) is 0 Å². The molecule has 1 atom stereocenters. The summed E-state index contributed by atoms with van der Waals surface area (Å²) >= 11 is 5.68. The Kier molecular flexibility index (Phi) is 2.63. The third-order valence-corrected chi connectivity index (χ3v) is 1.70. The molecule has 1 N–H and O–H groups in total. The average Bonchev–Trinajstić information content (AvgIpc) is 2.04. The first-order valence-electron chi connectivity index (χ1n) is 3.13. The smallest absolute Gasteiger partial charge is 0.153 e. The van der Waals surface area contributed by atoms with Gasteiger partial charge < -0.3 is 9.90 Å². The fourth-order valence-corrected chi connectivity index (χ4v) is 1.04. The van der Waals surface area contributed by atoms with E-state index in [-0.39, 0.29) is 0 Å². The molecule has 1 aromatic rings. The molecule has 0 unspecified atom stereocenters. The first-order chi connectivity index (χ1) is 5.25. The van der Waals surface area contributed by atoms with Crippen molar-refractivity contribution in [1.29, 1.82) is 0 Å². The van der Waals surface area contributed by atoms with Gasteiger partial charge in [-0.15, -0.1) is 0 Å². The molecular weight excluding hydrogens is 164 g/mol. The molecular formula is C8H7ClO2. The van der Waals surface area contributed by atoms with Gasteiger partial charge in [-0.25, -0.2) is 0 Å². The summed E-state index contributed by atoms with van der Waals surface area (Å²) in [6, 6.07) is 6.70. The zero-order chi connectivity index (χ0) is 8.27. The molecule has 0 bridgehead atoms. The van der Waals surface area contributed by atoms with Gasteiger partial charge in [-0.05, 0) is 6.07 Å². The largest absolute Gasteiger partial charge is 0.381 e. The maximum atomic E-state index is 10.1. The van der Waals surface area contributed by atoms with Crippen molar-refractivity contribution in [2.45, 2.75) is 6.10 Å². The number of carbonyl (C=O) groups is 1. The van der Waals surface area contributed by atoms with Gasteiger partial charge in [0.2, 0.25) is 0 Å². The van der Waals surface area contributed by atoms with Crippen molar-refractivity contribution in [2.24, 2.45) is 0 Å². The summed E-state index contributed by atoms with van der Waals surface area (Å²) < 4.78 is 0. The van der Waals surface area contributed by atoms with Crippen molar-refractivity contribution < 1.29 is 9.90 Å². The van der Waals surface area contributed by atoms with E-state index in [1.54, 1.807) is 24.3 Å². The number of halogens is 1. The highest BCUT2D eigenvalue weighted by Gasteiger charge is 2.07. The topological polar surface area (TPSA) is 37.3 Å². The van der Waals surface area contributed by atoms with Crippen LogP contribution >= 0.6 is 11.6 Å². The molecule has 2 nitrogen and oxygen atoms in total. The molecule has 11 heavy (non-hydrogen) atoms. The van der Waals surface area contributed by atoms with Crippen molar-refractivity contribution in [3.63, 3.8) is 0 Å². The molecule has 0 aromatic heterocycles. The Morgan fingerprint density at radius 2 is 2.09 bits per heavy atom. The van der Waals surface area contributed by atoms with E-state index < -0.39 is 6.10 Å². The molecule has 0 spiro atoms. The molecule has 0 aliphatic carbocycles. The number of rotatable bonds is 2. The maximum absolute atomic E-state index is 10.1. The normalized spacial score (nSPS) is 12.5. The Bertz CT molecular complexity index is 260. The van der Waals surface area contributed by atoms with Gasteiger partial charge in [-0.2, -0.15) is 0 Å². The van der Waals surface area contributed by atoms with Crippen molar-refractivity contribution >= 4 is 17.9 Å². The molecule has 0 amide bonds. The van der Waals surface area contributed by atoms with Crippen LogP contribution in [-0.4, -0.2) is 11.4 Å². The first kappa shape index (κ1) is 8.24. The predicted molar refractivity (Wildman–Crippen MR) is 42.5 cm³/mol. The van der Waals surface area contributed by atoms with E-state index in [0.717, 1.165) is 0 Å². The summed E-state index contributed by atoms with van der Waals surface area (Å²) in [7, 11) is 0. The lowest BCUT2D eigenvalue weighted by molar-refractivity contribution is -0.115. The fourth-order valence-electron chi connectivity index (χ4n) is 0.788. The molecule has 0 fully saturated rings. The third kappa shape index (κ3) is 1.79. The minimum absolute atomic E-state index is 0.409. The zero-order valence-corrected chi connectivity index (χ0v) is 6.45. The molecule has 3 heteroatoms. The molecule has 1 aromatic carbocycles. The number of benzene rings is 1. The predicted octanol–water partition coefficient (Wildman–Crippen LogP) is 1.57. The second kappa shape index (κ2) is 3.51. The minimum atomic E-state index is -1.11. The van der Waals surface area contributed by atoms with E-state index >= 15 is 0 Å². The molecule has 0 heterocycles. The monoisotopic (exact) mass is 170 g/mol. The molecule has 0 radical (unpaired) electrons. The van der Waals surface area contributed by atoms with E-state index in [1.807, 2.05) is 0 Å². The van der Waals surface area contributed by atoms with Gasteiger partial charge in [0, 0.05) is 10.6 Å². The summed E-state index contributed by atoms with van der Waals surface area (Å²) in [5.41, 5.74) is 0.448. The van der Waals surface area contributed by atoms with Crippen LogP contribution in [0.4, 0.5) is 0 Å². The van der Waals surface area contributed by atoms with Crippen LogP contribution in [0.1, 0.15) is 11.7 Å². The Hall–Kier alpha value is -0.860. The summed E-state index contributed by atoms with van der Waals surface area (Å²) in [5, 5.41) is 9.47. The second-order valence-electron chi connectivity index (χ2n) is 2.10. The van der Waals surface area contributed by atoms with Crippen molar-refractivity contribution in [2.75, 3.05) is 0 Å². The summed E-state index contributed by atoms with van der Waals surface area (Å²) in [4.78, 5) is 10.1. The van der Waals surface area contributed by atoms with Gasteiger partial charge in [0.05, 0.1) is 0 Å². The fraction of sp³-hybridized carbons (Fsp3) is 0.125. The lowest BCUT2D eigenvalue weighted by Gasteiger charge is -2.03. The lowest BCUT2D eigenvalue weighted by atomic mass is 10.1. The number of carbonyl (C=O) groups excluding carboxylic acids is 1. The molecule has 0 saturated carbocycles. The van der Waals surface area contributed by atoms with E-state index in [9.17, 15) is 4.79 Å². The number of aliphatic hydroxyl groups excluding tert-OH is 1. The van der Waals surface area contributed by atoms with E-state index in [1.165, 1.54) is 0 Å². The second-order valence-corrected chi connectivity index (χ2v) is 2.51. The van der Waals surface area contributed by atoms with Crippen LogP contribution in [-0.2, 0) is 4.79 Å². The summed E-state index contributed by atoms with van der Waals surface area (Å²) in [6.07, 6.45) is -0.662. The molecule has 0 saturated heterocycles. The van der Waals surface area contributed by atoms with Gasteiger partial charge >= 0.3 is 0 Å². The Morgan fingerprint density at radius 1 is 1.45 bits per heavy atom. The van der Waals surface area contributed by atoms with Crippen LogP contribution in [0.15, 0.2) is 24.3 Å². The van der Waals surface area contributed by atoms with Gasteiger partial charge in [0.1, 0.15) is 6.10 Å². The maximum Gasteiger partial charge on any atom is 0.153 e. The lowest BCUT2D eigenvalue weighted by Crippen LogP contribution is -1.98. The quantitative estimate of drug-likeness (QED) is 0.685. The van der Waals surface area contributed by atoms with Crippen molar-refractivity contribution in [1.82, 2.24) is 0 Å². The van der Waals surface area contributed by atoms with Gasteiger partial charge in [-0.1, -0.05) is 29.8 Å². The van der Waals surface area contributed by atoms with E-state index in [4.69, 9.17) is 16.7 Å². The molecule has 1 rings (SSSR count). The molecule has 58 valence electrons. The Morgan fingerprint density at radius 3 is 2.64 bits per heavy atom. The standard InChI is InChI=1S/C8H7ClO2/c9-7-4-2-1-3-6(7)8(11)5-10/h1-5,8,11H/t8-/m0/s1. The van der Waals surface area contributed by atoms with Gasteiger partial charge in [0.15, 0.2) is 6.29 Å². The third-order valence-electron chi connectivity index (χ3n) is 1.35. The summed E-state index contributed by atoms with van der Waals surface area (Å²) in [6.45, 7) is 0. The Balaban J connectivity index is 3.02. The van der Waals surface area contributed by atoms with Crippen LogP contribution in [0.2, 0.25) is 5.02 Å². The highest BCUT2D eigenvalue weighted by atomic mass is 35.5. The van der Waals surface area contributed by atoms with Gasteiger partial charge in [-0.3, -0.25) is 0 Å². The minimum Gasteiger partial charge on any atom is -0.381 e. The van der Waals surface area contributed by atoms with Crippen molar-refractivity contribution in [3.05, 3.63) is 34.9 Å². The van der Waals surface area contributed by atoms with E-state index in [2.05, 4.69) is 0 Å².